The van der Waals surface area contributed by atoms with Crippen molar-refractivity contribution in [3.63, 3.8) is 0 Å². The van der Waals surface area contributed by atoms with Crippen molar-refractivity contribution < 1.29 is 30.6 Å². The Labute approximate surface area is 108 Å². The fourth-order valence-electron chi connectivity index (χ4n) is 1.84. The minimum absolute atomic E-state index is 0.0172. The van der Waals surface area contributed by atoms with Crippen molar-refractivity contribution in [2.45, 2.75) is 56.3 Å². The van der Waals surface area contributed by atoms with E-state index in [1.807, 2.05) is 0 Å². The lowest BCUT2D eigenvalue weighted by molar-refractivity contribution is -0.151. The first-order chi connectivity index (χ1) is 8.51. The second-order valence-corrected chi connectivity index (χ2v) is 4.67. The van der Waals surface area contributed by atoms with Gasteiger partial charge in [-0.25, -0.2) is 0 Å². The molecule has 0 fully saturated rings. The summed E-state index contributed by atoms with van der Waals surface area (Å²) in [6, 6.07) is 0. The van der Waals surface area contributed by atoms with Crippen molar-refractivity contribution in [1.29, 1.82) is 0 Å². The van der Waals surface area contributed by atoms with Gasteiger partial charge in [-0.3, -0.25) is 0 Å². The summed E-state index contributed by atoms with van der Waals surface area (Å²) >= 11 is 0. The van der Waals surface area contributed by atoms with E-state index in [4.69, 9.17) is 15.3 Å². The maximum absolute atomic E-state index is 10.1. The van der Waals surface area contributed by atoms with E-state index >= 15 is 0 Å². The Hall–Kier alpha value is -0.240. The van der Waals surface area contributed by atoms with Crippen molar-refractivity contribution in [2.24, 2.45) is 0 Å². The van der Waals surface area contributed by atoms with Crippen molar-refractivity contribution in [3.8, 4) is 0 Å². The van der Waals surface area contributed by atoms with Crippen molar-refractivity contribution in [2.75, 3.05) is 19.8 Å². The molecule has 0 bridgehead atoms. The zero-order valence-corrected chi connectivity index (χ0v) is 10.7. The predicted molar refractivity (Wildman–Crippen MR) is 65.9 cm³/mol. The van der Waals surface area contributed by atoms with Crippen LogP contribution in [0.1, 0.15) is 38.5 Å². The van der Waals surface area contributed by atoms with E-state index < -0.39 is 24.4 Å². The third kappa shape index (κ3) is 6.08. The van der Waals surface area contributed by atoms with Gasteiger partial charge in [-0.2, -0.15) is 0 Å². The van der Waals surface area contributed by atoms with Crippen LogP contribution in [0, 0.1) is 0 Å². The molecular formula is C12H26O6. The molecule has 0 aromatic carbocycles. The maximum Gasteiger partial charge on any atom is 0.116 e. The zero-order valence-electron chi connectivity index (χ0n) is 10.7. The molecule has 110 valence electrons. The Morgan fingerprint density at radius 1 is 0.833 bits per heavy atom. The van der Waals surface area contributed by atoms with Gasteiger partial charge in [0.15, 0.2) is 0 Å². The van der Waals surface area contributed by atoms with Gasteiger partial charge in [0.05, 0.1) is 12.7 Å². The van der Waals surface area contributed by atoms with E-state index in [0.29, 0.717) is 25.7 Å². The number of hydrogen-bond acceptors (Lipinski definition) is 6. The number of rotatable bonds is 11. The van der Waals surface area contributed by atoms with Crippen molar-refractivity contribution in [1.82, 2.24) is 0 Å². The lowest BCUT2D eigenvalue weighted by Gasteiger charge is -2.34. The van der Waals surface area contributed by atoms with Gasteiger partial charge in [-0.05, 0) is 38.5 Å². The number of unbranched alkanes of at least 4 members (excludes halogenated alkanes) is 2. The molecule has 0 rings (SSSR count). The first-order valence-electron chi connectivity index (χ1n) is 6.43. The molecule has 6 N–H and O–H groups in total. The highest BCUT2D eigenvalue weighted by atomic mass is 16.4. The molecule has 0 aliphatic carbocycles. The van der Waals surface area contributed by atoms with Crippen LogP contribution in [0.25, 0.3) is 0 Å². The summed E-state index contributed by atoms with van der Waals surface area (Å²) in [4.78, 5) is 0. The van der Waals surface area contributed by atoms with Crippen LogP contribution in [0.3, 0.4) is 0 Å². The first kappa shape index (κ1) is 17.8. The zero-order chi connectivity index (χ0) is 14.0. The number of aliphatic hydroxyl groups excluding tert-OH is 5. The molecule has 0 heterocycles. The molecule has 0 spiro atoms. The van der Waals surface area contributed by atoms with Crippen LogP contribution in [0.4, 0.5) is 0 Å². The van der Waals surface area contributed by atoms with Crippen LogP contribution < -0.4 is 0 Å². The molecule has 0 amide bonds. The van der Waals surface area contributed by atoms with E-state index in [1.165, 1.54) is 0 Å². The summed E-state index contributed by atoms with van der Waals surface area (Å²) in [7, 11) is 0. The fourth-order valence-corrected chi connectivity index (χ4v) is 1.84. The van der Waals surface area contributed by atoms with Gasteiger partial charge in [0.1, 0.15) is 11.7 Å². The Bertz CT molecular complexity index is 201. The fraction of sp³-hybridized carbons (Fsp3) is 1.00. The van der Waals surface area contributed by atoms with Gasteiger partial charge >= 0.3 is 0 Å². The van der Waals surface area contributed by atoms with Crippen LogP contribution >= 0.6 is 0 Å². The highest BCUT2D eigenvalue weighted by molar-refractivity contribution is 4.90. The van der Waals surface area contributed by atoms with Crippen LogP contribution in [0.15, 0.2) is 0 Å². The van der Waals surface area contributed by atoms with Gasteiger partial charge in [-0.1, -0.05) is 0 Å². The molecular weight excluding hydrogens is 240 g/mol. The van der Waals surface area contributed by atoms with Crippen LogP contribution in [-0.4, -0.2) is 68.3 Å². The monoisotopic (exact) mass is 266 g/mol. The third-order valence-corrected chi connectivity index (χ3v) is 3.11. The third-order valence-electron chi connectivity index (χ3n) is 3.11. The smallest absolute Gasteiger partial charge is 0.116 e. The van der Waals surface area contributed by atoms with E-state index in [1.54, 1.807) is 0 Å². The molecule has 0 aliphatic heterocycles. The molecule has 0 unspecified atom stereocenters. The Kier molecular flexibility index (Phi) is 9.53. The maximum atomic E-state index is 10.1. The molecule has 0 aromatic rings. The lowest BCUT2D eigenvalue weighted by Crippen LogP contribution is -2.51. The van der Waals surface area contributed by atoms with Crippen LogP contribution in [0.5, 0.6) is 0 Å². The standard InChI is InChI=1S/C12H26O6/c13-7-3-1-5-10(16)11(17)12(18,9-15)6-2-4-8-14/h10-11,13-18H,1-9H2/t10-,11-,12-/m1/s1. The Morgan fingerprint density at radius 2 is 1.39 bits per heavy atom. The van der Waals surface area contributed by atoms with E-state index in [-0.39, 0.29) is 26.1 Å². The molecule has 3 atom stereocenters. The van der Waals surface area contributed by atoms with E-state index in [9.17, 15) is 15.3 Å². The second-order valence-electron chi connectivity index (χ2n) is 4.67. The lowest BCUT2D eigenvalue weighted by atomic mass is 9.86. The van der Waals surface area contributed by atoms with Crippen LogP contribution in [0.2, 0.25) is 0 Å². The van der Waals surface area contributed by atoms with Crippen LogP contribution in [-0.2, 0) is 0 Å². The molecule has 18 heavy (non-hydrogen) atoms. The molecule has 0 radical (unpaired) electrons. The minimum atomic E-state index is -1.74. The summed E-state index contributed by atoms with van der Waals surface area (Å²) in [5, 5.41) is 56.0. The molecule has 6 heteroatoms. The topological polar surface area (TPSA) is 121 Å². The van der Waals surface area contributed by atoms with Gasteiger partial charge < -0.3 is 30.6 Å². The summed E-state index contributed by atoms with van der Waals surface area (Å²) < 4.78 is 0. The van der Waals surface area contributed by atoms with Gasteiger partial charge in [0, 0.05) is 13.2 Å². The minimum Gasteiger partial charge on any atom is -0.396 e. The largest absolute Gasteiger partial charge is 0.396 e. The average Bonchev–Trinajstić information content (AvgIpc) is 2.38. The predicted octanol–water partition coefficient (Wildman–Crippen LogP) is -1.24. The number of aliphatic hydroxyl groups is 6. The van der Waals surface area contributed by atoms with E-state index in [2.05, 4.69) is 0 Å². The summed E-state index contributed by atoms with van der Waals surface area (Å²) in [6.07, 6.45) is -0.225. The quantitative estimate of drug-likeness (QED) is 0.260. The summed E-state index contributed by atoms with van der Waals surface area (Å²) in [5.41, 5.74) is -1.74. The highest BCUT2D eigenvalue weighted by Crippen LogP contribution is 2.23. The molecule has 6 nitrogen and oxygen atoms in total. The molecule has 0 saturated carbocycles. The second kappa shape index (κ2) is 9.66. The molecule has 0 saturated heterocycles. The SMILES string of the molecule is OCCCC[C@@H](O)[C@@H](O)[C@](O)(CO)CCCCO. The summed E-state index contributed by atoms with van der Waals surface area (Å²) in [6.45, 7) is -0.642. The average molecular weight is 266 g/mol. The summed E-state index contributed by atoms with van der Waals surface area (Å²) in [5.74, 6) is 0. The van der Waals surface area contributed by atoms with Gasteiger partial charge in [0.2, 0.25) is 0 Å². The highest BCUT2D eigenvalue weighted by Gasteiger charge is 2.38. The number of hydrogen-bond donors (Lipinski definition) is 6. The van der Waals surface area contributed by atoms with Gasteiger partial charge in [-0.15, -0.1) is 0 Å². The van der Waals surface area contributed by atoms with Gasteiger partial charge in [0.25, 0.3) is 0 Å². The normalized spacial score (nSPS) is 18.3. The molecule has 0 aromatic heterocycles. The molecule has 0 aliphatic rings. The Morgan fingerprint density at radius 3 is 1.89 bits per heavy atom. The van der Waals surface area contributed by atoms with E-state index in [0.717, 1.165) is 0 Å². The van der Waals surface area contributed by atoms with Crippen molar-refractivity contribution in [3.05, 3.63) is 0 Å². The first-order valence-corrected chi connectivity index (χ1v) is 6.43. The van der Waals surface area contributed by atoms with Crippen molar-refractivity contribution >= 4 is 0 Å². The Balaban J connectivity index is 4.23.